The van der Waals surface area contributed by atoms with Crippen LogP contribution < -0.4 is 5.73 Å². The fourth-order valence-electron chi connectivity index (χ4n) is 2.91. The summed E-state index contributed by atoms with van der Waals surface area (Å²) in [6.07, 6.45) is 6.04. The second kappa shape index (κ2) is 2.83. The zero-order valence-electron chi connectivity index (χ0n) is 8.44. The number of oxazole rings is 1. The molecule has 3 atom stereocenters. The fourth-order valence-corrected chi connectivity index (χ4v) is 2.91. The lowest BCUT2D eigenvalue weighted by Crippen LogP contribution is -2.04. The molecule has 76 valence electrons. The van der Waals surface area contributed by atoms with Crippen molar-refractivity contribution in [2.45, 2.75) is 38.1 Å². The summed E-state index contributed by atoms with van der Waals surface area (Å²) in [7, 11) is 0. The van der Waals surface area contributed by atoms with Gasteiger partial charge in [0, 0.05) is 5.92 Å². The van der Waals surface area contributed by atoms with Crippen molar-refractivity contribution in [2.24, 2.45) is 17.6 Å². The van der Waals surface area contributed by atoms with E-state index in [2.05, 4.69) is 4.98 Å². The third-order valence-electron chi connectivity index (χ3n) is 3.67. The molecule has 1 heterocycles. The molecule has 2 N–H and O–H groups in total. The Hall–Kier alpha value is -0.830. The number of nitrogens with zero attached hydrogens (tertiary/aromatic N) is 1. The number of nitrogens with two attached hydrogens (primary N) is 1. The van der Waals surface area contributed by atoms with Gasteiger partial charge >= 0.3 is 0 Å². The Morgan fingerprint density at radius 1 is 1.50 bits per heavy atom. The van der Waals surface area contributed by atoms with Crippen LogP contribution >= 0.6 is 0 Å². The molecule has 0 amide bonds. The maximum absolute atomic E-state index is 5.71. The number of hydrogen-bond acceptors (Lipinski definition) is 3. The number of hydrogen-bond donors (Lipinski definition) is 1. The van der Waals surface area contributed by atoms with Gasteiger partial charge in [0.2, 0.25) is 5.89 Å². The average Bonchev–Trinajstić information content (AvgIpc) is 2.63. The van der Waals surface area contributed by atoms with E-state index in [9.17, 15) is 0 Å². The summed E-state index contributed by atoms with van der Waals surface area (Å²) in [6, 6.07) is -0.0812. The van der Waals surface area contributed by atoms with Crippen LogP contribution in [0.25, 0.3) is 0 Å². The van der Waals surface area contributed by atoms with Gasteiger partial charge in [-0.2, -0.15) is 0 Å². The van der Waals surface area contributed by atoms with Gasteiger partial charge in [0.1, 0.15) is 5.76 Å². The summed E-state index contributed by atoms with van der Waals surface area (Å²) in [6.45, 7) is 1.91. The molecule has 1 aromatic rings. The summed E-state index contributed by atoms with van der Waals surface area (Å²) in [5, 5.41) is 0. The zero-order valence-corrected chi connectivity index (χ0v) is 8.44. The lowest BCUT2D eigenvalue weighted by Gasteiger charge is -1.99. The van der Waals surface area contributed by atoms with Crippen LogP contribution in [0.15, 0.2) is 10.6 Å². The highest BCUT2D eigenvalue weighted by molar-refractivity contribution is 5.20. The van der Waals surface area contributed by atoms with E-state index < -0.39 is 0 Å². The molecule has 0 saturated heterocycles. The van der Waals surface area contributed by atoms with Crippen molar-refractivity contribution in [1.29, 1.82) is 0 Å². The van der Waals surface area contributed by atoms with Crippen LogP contribution in [0.1, 0.15) is 49.8 Å². The Labute approximate surface area is 83.7 Å². The molecule has 14 heavy (non-hydrogen) atoms. The van der Waals surface area contributed by atoms with Crippen molar-refractivity contribution in [3.05, 3.63) is 17.8 Å². The van der Waals surface area contributed by atoms with Crippen molar-refractivity contribution in [3.8, 4) is 0 Å². The van der Waals surface area contributed by atoms with Gasteiger partial charge in [-0.1, -0.05) is 6.42 Å². The minimum atomic E-state index is -0.0812. The van der Waals surface area contributed by atoms with Crippen LogP contribution in [0.2, 0.25) is 0 Å². The van der Waals surface area contributed by atoms with Gasteiger partial charge in [-0.05, 0) is 31.6 Å². The Morgan fingerprint density at radius 2 is 2.21 bits per heavy atom. The van der Waals surface area contributed by atoms with Gasteiger partial charge in [0.15, 0.2) is 0 Å². The average molecular weight is 192 g/mol. The normalized spacial score (nSPS) is 36.9. The number of aromatic nitrogens is 1. The minimum Gasteiger partial charge on any atom is -0.444 e. The van der Waals surface area contributed by atoms with Gasteiger partial charge in [0.05, 0.1) is 12.2 Å². The molecular formula is C11H16N2O. The second-order valence-electron chi connectivity index (χ2n) is 4.67. The molecular weight excluding hydrogens is 176 g/mol. The van der Waals surface area contributed by atoms with Gasteiger partial charge < -0.3 is 10.2 Å². The molecule has 3 heteroatoms. The van der Waals surface area contributed by atoms with Crippen molar-refractivity contribution in [1.82, 2.24) is 4.98 Å². The van der Waals surface area contributed by atoms with E-state index in [1.165, 1.54) is 19.3 Å². The van der Waals surface area contributed by atoms with Crippen LogP contribution in [-0.4, -0.2) is 4.98 Å². The van der Waals surface area contributed by atoms with Crippen LogP contribution in [0.4, 0.5) is 0 Å². The second-order valence-corrected chi connectivity index (χ2v) is 4.67. The lowest BCUT2D eigenvalue weighted by atomic mass is 10.1. The first-order chi connectivity index (χ1) is 6.77. The molecule has 2 aliphatic carbocycles. The van der Waals surface area contributed by atoms with Crippen molar-refractivity contribution < 1.29 is 4.42 Å². The molecule has 0 radical (unpaired) electrons. The maximum Gasteiger partial charge on any atom is 0.211 e. The van der Waals surface area contributed by atoms with Gasteiger partial charge in [-0.3, -0.25) is 0 Å². The topological polar surface area (TPSA) is 52.0 Å². The Bertz CT molecular complexity index is 335. The Balaban J connectivity index is 1.78. The van der Waals surface area contributed by atoms with Gasteiger partial charge in [-0.15, -0.1) is 0 Å². The van der Waals surface area contributed by atoms with E-state index in [0.29, 0.717) is 11.8 Å². The van der Waals surface area contributed by atoms with E-state index in [4.69, 9.17) is 10.2 Å². The van der Waals surface area contributed by atoms with Crippen LogP contribution in [-0.2, 0) is 0 Å². The standard InChI is InChI=1S/C11H16N2O/c1-6(12)11-13-5-9(14-11)10-7-3-2-4-8(7)10/h5-8,10H,2-4,12H2,1H3. The van der Waals surface area contributed by atoms with Crippen molar-refractivity contribution >= 4 is 0 Å². The zero-order chi connectivity index (χ0) is 9.71. The van der Waals surface area contributed by atoms with E-state index in [1.807, 2.05) is 13.1 Å². The molecule has 3 unspecified atom stereocenters. The Morgan fingerprint density at radius 3 is 2.79 bits per heavy atom. The highest BCUT2D eigenvalue weighted by Gasteiger charge is 2.55. The highest BCUT2D eigenvalue weighted by Crippen LogP contribution is 2.63. The molecule has 0 aliphatic heterocycles. The lowest BCUT2D eigenvalue weighted by molar-refractivity contribution is 0.418. The molecule has 1 aromatic heterocycles. The first kappa shape index (κ1) is 8.48. The van der Waals surface area contributed by atoms with Crippen LogP contribution in [0, 0.1) is 11.8 Å². The summed E-state index contributed by atoms with van der Waals surface area (Å²) < 4.78 is 5.67. The maximum atomic E-state index is 5.71. The summed E-state index contributed by atoms with van der Waals surface area (Å²) in [5.41, 5.74) is 5.71. The molecule has 2 saturated carbocycles. The summed E-state index contributed by atoms with van der Waals surface area (Å²) >= 11 is 0. The number of rotatable bonds is 2. The fraction of sp³-hybridized carbons (Fsp3) is 0.727. The quantitative estimate of drug-likeness (QED) is 0.781. The highest BCUT2D eigenvalue weighted by atomic mass is 16.4. The van der Waals surface area contributed by atoms with E-state index >= 15 is 0 Å². The molecule has 0 bridgehead atoms. The van der Waals surface area contributed by atoms with E-state index in [-0.39, 0.29) is 6.04 Å². The van der Waals surface area contributed by atoms with Crippen molar-refractivity contribution in [3.63, 3.8) is 0 Å². The molecule has 2 aliphatic rings. The Kier molecular flexibility index (Phi) is 1.71. The van der Waals surface area contributed by atoms with E-state index in [0.717, 1.165) is 17.6 Å². The van der Waals surface area contributed by atoms with Crippen LogP contribution in [0.3, 0.4) is 0 Å². The number of fused-ring (bicyclic) bond motifs is 1. The first-order valence-corrected chi connectivity index (χ1v) is 5.48. The van der Waals surface area contributed by atoms with Crippen LogP contribution in [0.5, 0.6) is 0 Å². The predicted octanol–water partition coefficient (Wildman–Crippen LogP) is 2.21. The smallest absolute Gasteiger partial charge is 0.211 e. The molecule has 2 fully saturated rings. The first-order valence-electron chi connectivity index (χ1n) is 5.48. The molecule has 0 spiro atoms. The van der Waals surface area contributed by atoms with Crippen molar-refractivity contribution in [2.75, 3.05) is 0 Å². The van der Waals surface area contributed by atoms with Gasteiger partial charge in [0.25, 0.3) is 0 Å². The largest absolute Gasteiger partial charge is 0.444 e. The SMILES string of the molecule is CC(N)c1ncc(C2C3CCCC32)o1. The van der Waals surface area contributed by atoms with Gasteiger partial charge in [-0.25, -0.2) is 4.98 Å². The summed E-state index contributed by atoms with van der Waals surface area (Å²) in [4.78, 5) is 4.21. The summed E-state index contributed by atoms with van der Waals surface area (Å²) in [5.74, 6) is 4.22. The molecule has 3 nitrogen and oxygen atoms in total. The molecule has 3 rings (SSSR count). The van der Waals surface area contributed by atoms with E-state index in [1.54, 1.807) is 0 Å². The predicted molar refractivity (Wildman–Crippen MR) is 52.7 cm³/mol. The third-order valence-corrected chi connectivity index (χ3v) is 3.67. The molecule has 0 aromatic carbocycles. The monoisotopic (exact) mass is 192 g/mol. The minimum absolute atomic E-state index is 0.0812. The third kappa shape index (κ3) is 1.12.